The van der Waals surface area contributed by atoms with Crippen LogP contribution in [0.4, 0.5) is 0 Å². The molecule has 0 radical (unpaired) electrons. The molecule has 0 aromatic heterocycles. The topological polar surface area (TPSA) is 71.1 Å². The molecule has 0 bridgehead atoms. The van der Waals surface area contributed by atoms with Gasteiger partial charge in [-0.05, 0) is 49.1 Å². The molecule has 2 heterocycles. The monoisotopic (exact) mass is 445 g/mol. The molecule has 1 aliphatic carbocycles. The van der Waals surface area contributed by atoms with Gasteiger partial charge in [-0.15, -0.1) is 0 Å². The van der Waals surface area contributed by atoms with Crippen LogP contribution in [0, 0.1) is 5.92 Å². The minimum Gasteiger partial charge on any atom is -0.497 e. The van der Waals surface area contributed by atoms with Crippen LogP contribution < -0.4 is 14.8 Å². The lowest BCUT2D eigenvalue weighted by Crippen LogP contribution is -2.59. The summed E-state index contributed by atoms with van der Waals surface area (Å²) in [6, 6.07) is 5.11. The number of benzene rings is 1. The number of nitrogens with one attached hydrogen (secondary N) is 1. The van der Waals surface area contributed by atoms with E-state index in [9.17, 15) is 9.59 Å². The van der Waals surface area contributed by atoms with E-state index in [0.29, 0.717) is 35.9 Å². The fourth-order valence-corrected chi connectivity index (χ4v) is 5.37. The zero-order valence-electron chi connectivity index (χ0n) is 18.3. The van der Waals surface area contributed by atoms with E-state index in [0.717, 1.165) is 17.7 Å². The van der Waals surface area contributed by atoms with Gasteiger partial charge in [0.2, 0.25) is 11.8 Å². The zero-order chi connectivity index (χ0) is 22.3. The molecule has 3 aliphatic rings. The summed E-state index contributed by atoms with van der Waals surface area (Å²) in [4.78, 5) is 30.6. The summed E-state index contributed by atoms with van der Waals surface area (Å²) in [6.07, 6.45) is 5.72. The second kappa shape index (κ2) is 8.20. The molecular weight excluding hydrogens is 418 g/mol. The molecule has 2 amide bonds. The third-order valence-electron chi connectivity index (χ3n) is 6.55. The van der Waals surface area contributed by atoms with E-state index in [-0.39, 0.29) is 17.7 Å². The molecule has 31 heavy (non-hydrogen) atoms. The first-order valence-electron chi connectivity index (χ1n) is 10.4. The van der Waals surface area contributed by atoms with Crippen LogP contribution in [0.15, 0.2) is 41.1 Å². The molecule has 2 unspecified atom stereocenters. The molecule has 166 valence electrons. The number of fused-ring (bicyclic) bond motifs is 1. The maximum Gasteiger partial charge on any atom is 0.250 e. The molecule has 0 spiro atoms. The summed E-state index contributed by atoms with van der Waals surface area (Å²) >= 11 is 6.45. The van der Waals surface area contributed by atoms with E-state index in [2.05, 4.69) is 10.2 Å². The van der Waals surface area contributed by atoms with Crippen molar-refractivity contribution in [2.75, 3.05) is 34.9 Å². The number of likely N-dealkylation sites (N-methyl/N-ethyl adjacent to an activating group) is 1. The van der Waals surface area contributed by atoms with Crippen LogP contribution in [0.3, 0.4) is 0 Å². The molecule has 1 N–H and O–H groups in total. The Balaban J connectivity index is 1.95. The number of nitrogens with zero attached hydrogens (tertiary/aromatic N) is 2. The van der Waals surface area contributed by atoms with Gasteiger partial charge in [0, 0.05) is 43.4 Å². The van der Waals surface area contributed by atoms with E-state index in [1.54, 1.807) is 39.3 Å². The minimum atomic E-state index is -1.10. The number of amides is 2. The van der Waals surface area contributed by atoms with Gasteiger partial charge in [-0.25, -0.2) is 0 Å². The number of halogens is 1. The van der Waals surface area contributed by atoms with Crippen molar-refractivity contribution in [3.05, 3.63) is 46.6 Å². The highest BCUT2D eigenvalue weighted by molar-refractivity contribution is 6.29. The van der Waals surface area contributed by atoms with E-state index >= 15 is 0 Å². The summed E-state index contributed by atoms with van der Waals surface area (Å²) in [5, 5.41) is 3.76. The molecule has 4 rings (SSSR count). The average molecular weight is 446 g/mol. The van der Waals surface area contributed by atoms with Gasteiger partial charge in [-0.1, -0.05) is 11.6 Å². The molecular formula is C23H28ClN3O4. The molecule has 2 saturated heterocycles. The van der Waals surface area contributed by atoms with Crippen LogP contribution in [0.25, 0.3) is 0 Å². The second-order valence-electron chi connectivity index (χ2n) is 8.40. The fourth-order valence-electron chi connectivity index (χ4n) is 5.16. The highest BCUT2D eigenvalue weighted by atomic mass is 35.5. The molecule has 2 fully saturated rings. The third kappa shape index (κ3) is 3.40. The molecule has 1 aromatic rings. The van der Waals surface area contributed by atoms with Crippen molar-refractivity contribution >= 4 is 23.4 Å². The lowest BCUT2D eigenvalue weighted by Gasteiger charge is -2.44. The number of likely N-dealkylation sites (tertiary alicyclic amines) is 1. The summed E-state index contributed by atoms with van der Waals surface area (Å²) < 4.78 is 11.0. The largest absolute Gasteiger partial charge is 0.497 e. The molecule has 1 aromatic carbocycles. The molecule has 2 aliphatic heterocycles. The van der Waals surface area contributed by atoms with Crippen LogP contribution in [-0.2, 0) is 15.1 Å². The summed E-state index contributed by atoms with van der Waals surface area (Å²) in [7, 11) is 6.67. The molecule has 0 saturated carbocycles. The smallest absolute Gasteiger partial charge is 0.250 e. The van der Waals surface area contributed by atoms with E-state index in [1.807, 2.05) is 24.3 Å². The van der Waals surface area contributed by atoms with Crippen molar-refractivity contribution < 1.29 is 19.1 Å². The number of rotatable bonds is 5. The van der Waals surface area contributed by atoms with Crippen LogP contribution in [0.2, 0.25) is 0 Å². The third-order valence-corrected chi connectivity index (χ3v) is 6.83. The van der Waals surface area contributed by atoms with Gasteiger partial charge in [0.15, 0.2) is 0 Å². The van der Waals surface area contributed by atoms with Crippen molar-refractivity contribution in [3.8, 4) is 11.5 Å². The summed E-state index contributed by atoms with van der Waals surface area (Å²) in [5.74, 6) is 0.772. The van der Waals surface area contributed by atoms with E-state index in [4.69, 9.17) is 21.1 Å². The Morgan fingerprint density at radius 2 is 1.87 bits per heavy atom. The van der Waals surface area contributed by atoms with Gasteiger partial charge >= 0.3 is 0 Å². The van der Waals surface area contributed by atoms with Crippen molar-refractivity contribution in [3.63, 3.8) is 0 Å². The van der Waals surface area contributed by atoms with E-state index in [1.165, 1.54) is 0 Å². The molecule has 3 atom stereocenters. The number of allylic oxidation sites excluding steroid dienone is 3. The van der Waals surface area contributed by atoms with Gasteiger partial charge in [-0.3, -0.25) is 14.5 Å². The molecule has 7 nitrogen and oxygen atoms in total. The highest BCUT2D eigenvalue weighted by Crippen LogP contribution is 2.52. The minimum absolute atomic E-state index is 0.00517. The van der Waals surface area contributed by atoms with Crippen molar-refractivity contribution in [2.24, 2.45) is 5.92 Å². The Kier molecular flexibility index (Phi) is 5.75. The van der Waals surface area contributed by atoms with Gasteiger partial charge < -0.3 is 19.7 Å². The number of ether oxygens (including phenoxy) is 2. The number of methoxy groups -OCH3 is 2. The Labute approximate surface area is 187 Å². The van der Waals surface area contributed by atoms with Crippen LogP contribution in [0.1, 0.15) is 24.8 Å². The first-order valence-corrected chi connectivity index (χ1v) is 10.8. The lowest BCUT2D eigenvalue weighted by molar-refractivity contribution is -0.142. The van der Waals surface area contributed by atoms with Crippen molar-refractivity contribution in [2.45, 2.75) is 30.8 Å². The Bertz CT molecular complexity index is 951. The van der Waals surface area contributed by atoms with Gasteiger partial charge in [0.25, 0.3) is 0 Å². The standard InChI is InChI=1S/C23H28ClN3O4/c1-26(2)21(28)20-6-5-9-27(20)23(14-10-16(30-3)13-17(11-14)31-4)18-12-15(24)7-8-19(18)25-22(23)29/h7-8,10-11,13,18,20H,5-6,9,12H2,1-4H3,(H,25,29)/t18?,20-,23?/m0/s1. The predicted molar refractivity (Wildman–Crippen MR) is 118 cm³/mol. The van der Waals surface area contributed by atoms with E-state index < -0.39 is 11.6 Å². The van der Waals surface area contributed by atoms with Gasteiger partial charge in [0.1, 0.15) is 17.0 Å². The Hall–Kier alpha value is -2.51. The Morgan fingerprint density at radius 1 is 1.19 bits per heavy atom. The van der Waals surface area contributed by atoms with Crippen LogP contribution >= 0.6 is 11.6 Å². The van der Waals surface area contributed by atoms with Crippen molar-refractivity contribution in [1.82, 2.24) is 15.1 Å². The zero-order valence-corrected chi connectivity index (χ0v) is 19.0. The second-order valence-corrected chi connectivity index (χ2v) is 8.88. The number of hydrogen-bond donors (Lipinski definition) is 1. The van der Waals surface area contributed by atoms with Gasteiger partial charge in [-0.2, -0.15) is 0 Å². The lowest BCUT2D eigenvalue weighted by atomic mass is 9.74. The Morgan fingerprint density at radius 3 is 2.48 bits per heavy atom. The summed E-state index contributed by atoms with van der Waals surface area (Å²) in [5.41, 5.74) is 0.452. The molecule has 8 heteroatoms. The predicted octanol–water partition coefficient (Wildman–Crippen LogP) is 2.61. The maximum absolute atomic E-state index is 13.8. The van der Waals surface area contributed by atoms with Gasteiger partial charge in [0.05, 0.1) is 20.3 Å². The number of carbonyl (C=O) groups excluding carboxylic acids is 2. The number of carbonyl (C=O) groups is 2. The quantitative estimate of drug-likeness (QED) is 0.754. The van der Waals surface area contributed by atoms with Crippen LogP contribution in [0.5, 0.6) is 11.5 Å². The number of hydrogen-bond acceptors (Lipinski definition) is 5. The fraction of sp³-hybridized carbons (Fsp3) is 0.478. The average Bonchev–Trinajstić information content (AvgIpc) is 3.35. The van der Waals surface area contributed by atoms with Crippen molar-refractivity contribution in [1.29, 1.82) is 0 Å². The van der Waals surface area contributed by atoms with Crippen LogP contribution in [-0.4, -0.2) is 62.5 Å². The highest BCUT2D eigenvalue weighted by Gasteiger charge is 2.61. The maximum atomic E-state index is 13.8. The first kappa shape index (κ1) is 21.7. The SMILES string of the molecule is COc1cc(OC)cc(C2(N3CCC[C@H]3C(=O)N(C)C)C(=O)NC3=CC=C(Cl)CC32)c1. The normalized spacial score (nSPS) is 27.8. The first-order chi connectivity index (χ1) is 14.8. The summed E-state index contributed by atoms with van der Waals surface area (Å²) in [6.45, 7) is 0.627.